The van der Waals surface area contributed by atoms with Crippen molar-refractivity contribution in [2.45, 2.75) is 13.8 Å². The Balaban J connectivity index is 2.59. The SMILES string of the molecule is C=C(N)/C(C)=C\c1cc2ccccc2cc1C. The summed E-state index contributed by atoms with van der Waals surface area (Å²) >= 11 is 0. The Kier molecular flexibility index (Phi) is 3.01. The van der Waals surface area contributed by atoms with Crippen LogP contribution in [0.2, 0.25) is 0 Å². The first-order valence-electron chi connectivity index (χ1n) is 5.70. The maximum Gasteiger partial charge on any atom is 0.0270 e. The van der Waals surface area contributed by atoms with Crippen LogP contribution >= 0.6 is 0 Å². The second-order valence-corrected chi connectivity index (χ2v) is 4.41. The standard InChI is InChI=1S/C16H17N/c1-11(13(3)17)8-16-10-15-7-5-4-6-14(15)9-12(16)2/h4-10H,3,17H2,1-2H3/b11-8-. The lowest BCUT2D eigenvalue weighted by Gasteiger charge is -2.06. The van der Waals surface area contributed by atoms with Crippen molar-refractivity contribution in [1.82, 2.24) is 0 Å². The van der Waals surface area contributed by atoms with Gasteiger partial charge in [-0.1, -0.05) is 36.9 Å². The number of allylic oxidation sites excluding steroid dienone is 1. The zero-order valence-corrected chi connectivity index (χ0v) is 10.3. The fraction of sp³-hybridized carbons (Fsp3) is 0.125. The molecule has 0 atom stereocenters. The third-order valence-corrected chi connectivity index (χ3v) is 3.01. The van der Waals surface area contributed by atoms with Crippen molar-refractivity contribution in [3.05, 3.63) is 65.4 Å². The average molecular weight is 223 g/mol. The van der Waals surface area contributed by atoms with Gasteiger partial charge in [-0.05, 0) is 53.5 Å². The molecule has 0 radical (unpaired) electrons. The van der Waals surface area contributed by atoms with E-state index in [4.69, 9.17) is 5.73 Å². The van der Waals surface area contributed by atoms with Crippen LogP contribution in [0, 0.1) is 6.92 Å². The van der Waals surface area contributed by atoms with E-state index in [-0.39, 0.29) is 0 Å². The third kappa shape index (κ3) is 2.39. The van der Waals surface area contributed by atoms with Crippen molar-refractivity contribution >= 4 is 16.8 Å². The number of rotatable bonds is 2. The molecule has 2 aromatic carbocycles. The fourth-order valence-corrected chi connectivity index (χ4v) is 1.85. The highest BCUT2D eigenvalue weighted by molar-refractivity contribution is 5.86. The van der Waals surface area contributed by atoms with E-state index in [2.05, 4.69) is 56.0 Å². The normalized spacial score (nSPS) is 11.8. The highest BCUT2D eigenvalue weighted by Crippen LogP contribution is 2.22. The van der Waals surface area contributed by atoms with Gasteiger partial charge in [0.1, 0.15) is 0 Å². The van der Waals surface area contributed by atoms with Crippen molar-refractivity contribution in [3.8, 4) is 0 Å². The molecule has 0 amide bonds. The molecule has 0 heterocycles. The third-order valence-electron chi connectivity index (χ3n) is 3.01. The van der Waals surface area contributed by atoms with Crippen molar-refractivity contribution in [2.75, 3.05) is 0 Å². The monoisotopic (exact) mass is 223 g/mol. The van der Waals surface area contributed by atoms with E-state index in [0.29, 0.717) is 5.70 Å². The van der Waals surface area contributed by atoms with Gasteiger partial charge in [0.05, 0.1) is 0 Å². The molecule has 0 aliphatic heterocycles. The van der Waals surface area contributed by atoms with Gasteiger partial charge in [-0.2, -0.15) is 0 Å². The van der Waals surface area contributed by atoms with Crippen molar-refractivity contribution in [2.24, 2.45) is 5.73 Å². The van der Waals surface area contributed by atoms with Crippen molar-refractivity contribution < 1.29 is 0 Å². The Hall–Kier alpha value is -2.02. The molecule has 0 aliphatic rings. The quantitative estimate of drug-likeness (QED) is 0.764. The van der Waals surface area contributed by atoms with Gasteiger partial charge in [0.2, 0.25) is 0 Å². The molecule has 0 aliphatic carbocycles. The van der Waals surface area contributed by atoms with Gasteiger partial charge >= 0.3 is 0 Å². The summed E-state index contributed by atoms with van der Waals surface area (Å²) < 4.78 is 0. The van der Waals surface area contributed by atoms with Gasteiger partial charge in [0.25, 0.3) is 0 Å². The van der Waals surface area contributed by atoms with E-state index in [1.165, 1.54) is 21.9 Å². The molecule has 1 nitrogen and oxygen atoms in total. The van der Waals surface area contributed by atoms with E-state index in [1.54, 1.807) is 0 Å². The number of aryl methyl sites for hydroxylation is 1. The molecule has 17 heavy (non-hydrogen) atoms. The summed E-state index contributed by atoms with van der Waals surface area (Å²) in [6.45, 7) is 7.85. The summed E-state index contributed by atoms with van der Waals surface area (Å²) in [5, 5.41) is 2.52. The van der Waals surface area contributed by atoms with Gasteiger partial charge in [-0.25, -0.2) is 0 Å². The predicted octanol–water partition coefficient (Wildman–Crippen LogP) is 4.02. The van der Waals surface area contributed by atoms with Gasteiger partial charge < -0.3 is 5.73 Å². The zero-order valence-electron chi connectivity index (χ0n) is 10.3. The summed E-state index contributed by atoms with van der Waals surface area (Å²) in [7, 11) is 0. The number of nitrogens with two attached hydrogens (primary N) is 1. The van der Waals surface area contributed by atoms with Crippen molar-refractivity contribution in [1.29, 1.82) is 0 Å². The molecule has 0 bridgehead atoms. The van der Waals surface area contributed by atoms with Crippen LogP contribution in [0.5, 0.6) is 0 Å². The van der Waals surface area contributed by atoms with Gasteiger partial charge in [-0.15, -0.1) is 0 Å². The maximum atomic E-state index is 5.68. The molecule has 2 aromatic rings. The van der Waals surface area contributed by atoms with Crippen LogP contribution in [0.4, 0.5) is 0 Å². The number of fused-ring (bicyclic) bond motifs is 1. The fourth-order valence-electron chi connectivity index (χ4n) is 1.85. The molecule has 0 aromatic heterocycles. The van der Waals surface area contributed by atoms with Crippen LogP contribution in [0.15, 0.2) is 54.2 Å². The first-order valence-corrected chi connectivity index (χ1v) is 5.70. The summed E-state index contributed by atoms with van der Waals surface area (Å²) in [6.07, 6.45) is 2.09. The lowest BCUT2D eigenvalue weighted by atomic mass is 10.00. The van der Waals surface area contributed by atoms with Crippen LogP contribution in [0.1, 0.15) is 18.1 Å². The lowest BCUT2D eigenvalue weighted by molar-refractivity contribution is 1.32. The Morgan fingerprint density at radius 1 is 1.18 bits per heavy atom. The first kappa shape index (κ1) is 11.5. The smallest absolute Gasteiger partial charge is 0.0270 e. The molecular weight excluding hydrogens is 206 g/mol. The Bertz CT molecular complexity index is 606. The summed E-state index contributed by atoms with van der Waals surface area (Å²) in [6, 6.07) is 12.8. The van der Waals surface area contributed by atoms with Crippen LogP contribution in [0.3, 0.4) is 0 Å². The number of hydrogen-bond donors (Lipinski definition) is 1. The van der Waals surface area contributed by atoms with E-state index in [9.17, 15) is 0 Å². The van der Waals surface area contributed by atoms with Gasteiger partial charge in [0.15, 0.2) is 0 Å². The van der Waals surface area contributed by atoms with E-state index in [1.807, 2.05) is 6.92 Å². The van der Waals surface area contributed by atoms with E-state index in [0.717, 1.165) is 5.57 Å². The van der Waals surface area contributed by atoms with Crippen LogP contribution in [-0.4, -0.2) is 0 Å². The molecule has 2 rings (SSSR count). The molecule has 86 valence electrons. The highest BCUT2D eigenvalue weighted by Gasteiger charge is 2.00. The summed E-state index contributed by atoms with van der Waals surface area (Å²) in [5.74, 6) is 0. The molecule has 0 saturated heterocycles. The molecule has 1 heteroatoms. The zero-order chi connectivity index (χ0) is 12.4. The molecular formula is C16H17N. The second-order valence-electron chi connectivity index (χ2n) is 4.41. The predicted molar refractivity (Wildman–Crippen MR) is 75.7 cm³/mol. The molecule has 0 fully saturated rings. The molecule has 0 unspecified atom stereocenters. The minimum absolute atomic E-state index is 0.623. The molecule has 0 saturated carbocycles. The lowest BCUT2D eigenvalue weighted by Crippen LogP contribution is -1.95. The minimum atomic E-state index is 0.623. The average Bonchev–Trinajstić information content (AvgIpc) is 2.29. The van der Waals surface area contributed by atoms with E-state index >= 15 is 0 Å². The number of hydrogen-bond acceptors (Lipinski definition) is 1. The maximum absolute atomic E-state index is 5.68. The van der Waals surface area contributed by atoms with Gasteiger partial charge in [0, 0.05) is 5.70 Å². The van der Waals surface area contributed by atoms with Crippen LogP contribution in [0.25, 0.3) is 16.8 Å². The topological polar surface area (TPSA) is 26.0 Å². The van der Waals surface area contributed by atoms with Crippen molar-refractivity contribution in [3.63, 3.8) is 0 Å². The number of benzene rings is 2. The molecule has 0 spiro atoms. The Morgan fingerprint density at radius 2 is 1.76 bits per heavy atom. The van der Waals surface area contributed by atoms with Gasteiger partial charge in [-0.3, -0.25) is 0 Å². The highest BCUT2D eigenvalue weighted by atomic mass is 14.6. The van der Waals surface area contributed by atoms with Crippen LogP contribution in [-0.2, 0) is 0 Å². The summed E-state index contributed by atoms with van der Waals surface area (Å²) in [4.78, 5) is 0. The van der Waals surface area contributed by atoms with Crippen LogP contribution < -0.4 is 5.73 Å². The van der Waals surface area contributed by atoms with E-state index < -0.39 is 0 Å². The Labute approximate surface area is 102 Å². The Morgan fingerprint density at radius 3 is 2.35 bits per heavy atom. The second kappa shape index (κ2) is 4.46. The summed E-state index contributed by atoms with van der Waals surface area (Å²) in [5.41, 5.74) is 9.78. The minimum Gasteiger partial charge on any atom is -0.399 e. The molecule has 2 N–H and O–H groups in total. The largest absolute Gasteiger partial charge is 0.399 e. The first-order chi connectivity index (χ1) is 8.08.